The molecule has 1 amide bonds. The van der Waals surface area contributed by atoms with E-state index >= 15 is 0 Å². The largest absolute Gasteiger partial charge is 0.475 e. The van der Waals surface area contributed by atoms with E-state index in [2.05, 4.69) is 33.6 Å². The second kappa shape index (κ2) is 11.3. The molecule has 0 radical (unpaired) electrons. The van der Waals surface area contributed by atoms with Crippen molar-refractivity contribution in [3.63, 3.8) is 0 Å². The summed E-state index contributed by atoms with van der Waals surface area (Å²) in [6, 6.07) is 15.2. The van der Waals surface area contributed by atoms with Crippen LogP contribution in [0.5, 0.6) is 5.88 Å². The molecule has 5 rings (SSSR count). The molecule has 1 atom stereocenters. The van der Waals surface area contributed by atoms with Gasteiger partial charge in [-0.15, -0.1) is 0 Å². The molecule has 3 heterocycles. The number of aromatic nitrogens is 4. The standard InChI is InChI=1S/C30H34N6O4S/c1-19(2)14-24-18-40-27-16-26(28-20(3)8-6-9-21(28)4)32-30(33-27)34-41(38,39)25-11-7-10-22(15-25)29(37)36(24)17-23-12-13-31-35(23)5/h6-13,15-16,19,24H,14,17-18H2,1-5H3,(H,32,33,34)/t24-/m1/s1. The van der Waals surface area contributed by atoms with Gasteiger partial charge in [0.25, 0.3) is 15.9 Å². The van der Waals surface area contributed by atoms with E-state index in [-0.39, 0.29) is 53.3 Å². The minimum atomic E-state index is -4.12. The maximum Gasteiger partial charge on any atom is 0.264 e. The molecule has 2 aromatic carbocycles. The molecule has 0 fully saturated rings. The number of rotatable bonds is 5. The van der Waals surface area contributed by atoms with E-state index in [9.17, 15) is 13.2 Å². The van der Waals surface area contributed by atoms with Crippen LogP contribution >= 0.6 is 0 Å². The van der Waals surface area contributed by atoms with Crippen molar-refractivity contribution in [1.82, 2.24) is 24.6 Å². The lowest BCUT2D eigenvalue weighted by atomic mass is 10.00. The summed E-state index contributed by atoms with van der Waals surface area (Å²) in [6.07, 6.45) is 2.34. The number of carbonyl (C=O) groups is 1. The number of hydrogen-bond acceptors (Lipinski definition) is 7. The summed E-state index contributed by atoms with van der Waals surface area (Å²) in [5.41, 5.74) is 4.48. The lowest BCUT2D eigenvalue weighted by Gasteiger charge is -2.33. The van der Waals surface area contributed by atoms with E-state index in [1.54, 1.807) is 34.0 Å². The molecule has 2 aromatic heterocycles. The minimum Gasteiger partial charge on any atom is -0.475 e. The number of carbonyl (C=O) groups excluding carboxylic acids is 1. The molecular formula is C30H34N6O4S. The van der Waals surface area contributed by atoms with Gasteiger partial charge in [0, 0.05) is 30.4 Å². The molecule has 1 aliphatic heterocycles. The summed E-state index contributed by atoms with van der Waals surface area (Å²) in [7, 11) is -2.30. The molecule has 0 saturated heterocycles. The number of sulfonamides is 1. The fraction of sp³-hybridized carbons (Fsp3) is 0.333. The van der Waals surface area contributed by atoms with Crippen molar-refractivity contribution >= 4 is 21.9 Å². The first-order valence-electron chi connectivity index (χ1n) is 13.5. The Balaban J connectivity index is 1.67. The highest BCUT2D eigenvalue weighted by atomic mass is 32.2. The predicted octanol–water partition coefficient (Wildman–Crippen LogP) is 4.74. The second-order valence-corrected chi connectivity index (χ2v) is 12.5. The molecule has 4 bridgehead atoms. The lowest BCUT2D eigenvalue weighted by Crippen LogP contribution is -2.44. The van der Waals surface area contributed by atoms with E-state index in [4.69, 9.17) is 4.74 Å². The Kier molecular flexibility index (Phi) is 7.81. The van der Waals surface area contributed by atoms with Gasteiger partial charge in [-0.1, -0.05) is 38.1 Å². The van der Waals surface area contributed by atoms with Crippen LogP contribution in [0.4, 0.5) is 5.95 Å². The zero-order valence-electron chi connectivity index (χ0n) is 23.8. The molecule has 10 nitrogen and oxygen atoms in total. The van der Waals surface area contributed by atoms with Crippen LogP contribution in [-0.4, -0.2) is 51.6 Å². The number of benzene rings is 2. The molecule has 41 heavy (non-hydrogen) atoms. The fourth-order valence-electron chi connectivity index (χ4n) is 5.14. The van der Waals surface area contributed by atoms with E-state index in [0.717, 1.165) is 22.4 Å². The molecule has 1 N–H and O–H groups in total. The number of nitrogens with zero attached hydrogens (tertiary/aromatic N) is 5. The molecule has 0 spiro atoms. The van der Waals surface area contributed by atoms with Crippen LogP contribution in [0.3, 0.4) is 0 Å². The molecular weight excluding hydrogens is 540 g/mol. The Morgan fingerprint density at radius 3 is 2.46 bits per heavy atom. The van der Waals surface area contributed by atoms with Crippen molar-refractivity contribution in [2.75, 3.05) is 11.3 Å². The van der Waals surface area contributed by atoms with Crippen LogP contribution in [0.25, 0.3) is 11.3 Å². The summed E-state index contributed by atoms with van der Waals surface area (Å²) in [5.74, 6) is 0.0534. The normalized spacial score (nSPS) is 16.8. The van der Waals surface area contributed by atoms with Gasteiger partial charge in [0.2, 0.25) is 11.8 Å². The highest BCUT2D eigenvalue weighted by Crippen LogP contribution is 2.30. The first-order chi connectivity index (χ1) is 19.5. The zero-order valence-corrected chi connectivity index (χ0v) is 24.6. The fourth-order valence-corrected chi connectivity index (χ4v) is 6.13. The average molecular weight is 575 g/mol. The molecule has 4 aromatic rings. The van der Waals surface area contributed by atoms with E-state index in [1.165, 1.54) is 12.1 Å². The Hall–Kier alpha value is -4.25. The summed E-state index contributed by atoms with van der Waals surface area (Å²) in [5, 5.41) is 4.26. The van der Waals surface area contributed by atoms with Crippen molar-refractivity contribution < 1.29 is 17.9 Å². The predicted molar refractivity (Wildman–Crippen MR) is 156 cm³/mol. The van der Waals surface area contributed by atoms with Crippen LogP contribution in [0.15, 0.2) is 65.7 Å². The number of ether oxygens (including phenoxy) is 1. The smallest absolute Gasteiger partial charge is 0.264 e. The maximum atomic E-state index is 14.1. The Labute approximate surface area is 240 Å². The third-order valence-electron chi connectivity index (χ3n) is 7.18. The van der Waals surface area contributed by atoms with Gasteiger partial charge < -0.3 is 9.64 Å². The third-order valence-corrected chi connectivity index (χ3v) is 8.51. The van der Waals surface area contributed by atoms with Crippen molar-refractivity contribution in [1.29, 1.82) is 0 Å². The summed E-state index contributed by atoms with van der Waals surface area (Å²) in [4.78, 5) is 24.7. The lowest BCUT2D eigenvalue weighted by molar-refractivity contribution is 0.0546. The maximum absolute atomic E-state index is 14.1. The van der Waals surface area contributed by atoms with Crippen molar-refractivity contribution in [3.8, 4) is 17.1 Å². The highest BCUT2D eigenvalue weighted by molar-refractivity contribution is 7.92. The Morgan fingerprint density at radius 2 is 1.78 bits per heavy atom. The van der Waals surface area contributed by atoms with Crippen LogP contribution in [0.1, 0.15) is 47.4 Å². The van der Waals surface area contributed by atoms with E-state index in [1.807, 2.05) is 45.2 Å². The van der Waals surface area contributed by atoms with Crippen LogP contribution in [-0.2, 0) is 23.6 Å². The summed E-state index contributed by atoms with van der Waals surface area (Å²) >= 11 is 0. The monoisotopic (exact) mass is 574 g/mol. The van der Waals surface area contributed by atoms with Crippen molar-refractivity contribution in [2.45, 2.75) is 51.6 Å². The van der Waals surface area contributed by atoms with Gasteiger partial charge in [-0.25, -0.2) is 18.1 Å². The number of nitrogens with one attached hydrogen (secondary N) is 1. The molecule has 1 aliphatic rings. The Morgan fingerprint density at radius 1 is 1.05 bits per heavy atom. The molecule has 0 unspecified atom stereocenters. The topological polar surface area (TPSA) is 119 Å². The molecule has 11 heteroatoms. The number of aryl methyl sites for hydroxylation is 3. The number of anilines is 1. The summed E-state index contributed by atoms with van der Waals surface area (Å²) < 4.78 is 37.5. The average Bonchev–Trinajstić information content (AvgIpc) is 3.32. The molecule has 0 saturated carbocycles. The van der Waals surface area contributed by atoms with E-state index < -0.39 is 10.0 Å². The number of hydrogen-bond donors (Lipinski definition) is 1. The number of amides is 1. The molecule has 214 valence electrons. The van der Waals surface area contributed by atoms with E-state index in [0.29, 0.717) is 12.1 Å². The van der Waals surface area contributed by atoms with Gasteiger partial charge in [-0.2, -0.15) is 10.1 Å². The van der Waals surface area contributed by atoms with Crippen molar-refractivity contribution in [3.05, 3.63) is 83.2 Å². The first-order valence-corrected chi connectivity index (χ1v) is 15.0. The van der Waals surface area contributed by atoms with Gasteiger partial charge in [-0.3, -0.25) is 9.48 Å². The molecule has 0 aliphatic carbocycles. The van der Waals surface area contributed by atoms with Gasteiger partial charge in [0.1, 0.15) is 6.61 Å². The SMILES string of the molecule is Cc1cccc(C)c1-c1cc2nc(n1)NS(=O)(=O)c1cccc(c1)C(=O)N(Cc1ccnn1C)[C@H](CC(C)C)CO2. The van der Waals surface area contributed by atoms with Gasteiger partial charge >= 0.3 is 0 Å². The van der Waals surface area contributed by atoms with Gasteiger partial charge in [0.15, 0.2) is 0 Å². The van der Waals surface area contributed by atoms with Crippen LogP contribution in [0.2, 0.25) is 0 Å². The highest BCUT2D eigenvalue weighted by Gasteiger charge is 2.29. The van der Waals surface area contributed by atoms with Crippen LogP contribution < -0.4 is 9.46 Å². The quantitative estimate of drug-likeness (QED) is 0.366. The minimum absolute atomic E-state index is 0.0629. The number of fused-ring (bicyclic) bond motifs is 4. The van der Waals surface area contributed by atoms with Gasteiger partial charge in [0.05, 0.1) is 28.9 Å². The zero-order chi connectivity index (χ0) is 29.3. The van der Waals surface area contributed by atoms with Crippen molar-refractivity contribution in [2.24, 2.45) is 13.0 Å². The summed E-state index contributed by atoms with van der Waals surface area (Å²) in [6.45, 7) is 8.55. The van der Waals surface area contributed by atoms with Crippen LogP contribution in [0, 0.1) is 19.8 Å². The first kappa shape index (κ1) is 28.3. The second-order valence-electron chi connectivity index (χ2n) is 10.8. The Bertz CT molecular complexity index is 1680. The third kappa shape index (κ3) is 6.09. The van der Waals surface area contributed by atoms with Gasteiger partial charge in [-0.05, 0) is 61.6 Å².